The van der Waals surface area contributed by atoms with Gasteiger partial charge in [-0.3, -0.25) is 4.99 Å². The van der Waals surface area contributed by atoms with Gasteiger partial charge in [-0.25, -0.2) is 4.79 Å². The van der Waals surface area contributed by atoms with Gasteiger partial charge in [0.25, 0.3) is 0 Å². The number of esters is 1. The molecule has 1 heterocycles. The summed E-state index contributed by atoms with van der Waals surface area (Å²) in [6.45, 7) is 14.8. The van der Waals surface area contributed by atoms with Crippen molar-refractivity contribution in [1.29, 1.82) is 0 Å². The average Bonchev–Trinajstić information content (AvgIpc) is 3.21. The summed E-state index contributed by atoms with van der Waals surface area (Å²) in [6, 6.07) is 30.2. The number of carbonyl (C=O) groups is 1. The Balaban J connectivity index is 1.66. The third-order valence-electron chi connectivity index (χ3n) is 8.55. The van der Waals surface area contributed by atoms with E-state index >= 15 is 0 Å². The van der Waals surface area contributed by atoms with Crippen LogP contribution in [-0.2, 0) is 30.2 Å². The second-order valence-electron chi connectivity index (χ2n) is 13.9. The minimum atomic E-state index is -1.17. The van der Waals surface area contributed by atoms with Crippen molar-refractivity contribution in [3.63, 3.8) is 0 Å². The van der Waals surface area contributed by atoms with E-state index in [2.05, 4.69) is 27.7 Å². The van der Waals surface area contributed by atoms with Crippen LogP contribution in [0.5, 0.6) is 0 Å². The van der Waals surface area contributed by atoms with E-state index in [1.165, 1.54) is 0 Å². The van der Waals surface area contributed by atoms with Gasteiger partial charge in [-0.15, -0.1) is 0 Å². The van der Waals surface area contributed by atoms with Crippen LogP contribution in [0.1, 0.15) is 90.8 Å². The predicted octanol–water partition coefficient (Wildman–Crippen LogP) is 8.47. The lowest BCUT2D eigenvalue weighted by atomic mass is 9.80. The van der Waals surface area contributed by atoms with Crippen LogP contribution in [0.4, 0.5) is 0 Å². The second kappa shape index (κ2) is 14.9. The van der Waals surface area contributed by atoms with E-state index in [4.69, 9.17) is 23.8 Å². The molecule has 0 aromatic heterocycles. The van der Waals surface area contributed by atoms with Crippen LogP contribution in [0.15, 0.2) is 96.0 Å². The largest absolute Gasteiger partial charge is 0.458 e. The molecule has 1 fully saturated rings. The summed E-state index contributed by atoms with van der Waals surface area (Å²) >= 11 is 0. The summed E-state index contributed by atoms with van der Waals surface area (Å²) in [5.41, 5.74) is 1.14. The van der Waals surface area contributed by atoms with Gasteiger partial charge < -0.3 is 18.8 Å². The van der Waals surface area contributed by atoms with Crippen LogP contribution in [0, 0.1) is 0 Å². The highest BCUT2D eigenvalue weighted by molar-refractivity contribution is 6.45. The minimum Gasteiger partial charge on any atom is -0.458 e. The molecule has 0 bridgehead atoms. The molecule has 0 amide bonds. The zero-order chi connectivity index (χ0) is 32.6. The van der Waals surface area contributed by atoms with Crippen molar-refractivity contribution in [2.45, 2.75) is 109 Å². The molecule has 45 heavy (non-hydrogen) atoms. The van der Waals surface area contributed by atoms with Crippen molar-refractivity contribution in [2.75, 3.05) is 6.61 Å². The van der Waals surface area contributed by atoms with E-state index in [1.807, 2.05) is 112 Å². The fourth-order valence-electron chi connectivity index (χ4n) is 5.38. The molecule has 0 saturated carbocycles. The fraction of sp³-hybridized carbons (Fsp3) is 0.474. The molecule has 0 N–H and O–H groups in total. The zero-order valence-electron chi connectivity index (χ0n) is 28.2. The van der Waals surface area contributed by atoms with Crippen LogP contribution in [0.25, 0.3) is 0 Å². The molecule has 1 saturated heterocycles. The van der Waals surface area contributed by atoms with Gasteiger partial charge in [-0.1, -0.05) is 104 Å². The fourth-order valence-corrected chi connectivity index (χ4v) is 5.38. The molecule has 1 aliphatic heterocycles. The van der Waals surface area contributed by atoms with Gasteiger partial charge in [0.1, 0.15) is 5.60 Å². The van der Waals surface area contributed by atoms with Gasteiger partial charge in [0, 0.05) is 24.2 Å². The Kier molecular flexibility index (Phi) is 11.5. The topological polar surface area (TPSA) is 66.4 Å². The molecule has 0 aliphatic carbocycles. The number of ether oxygens (including phenoxy) is 2. The SMILES string of the molecule is CC(C)(C)OC(=O)C(CCCCB1OC(C)(C)C(C)(C)O1)(CCOCc1ccccc1)N=C(c1ccccc1)c1ccccc1. The number of benzene rings is 3. The lowest BCUT2D eigenvalue weighted by Crippen LogP contribution is -2.44. The van der Waals surface area contributed by atoms with Gasteiger partial charge in [-0.05, 0) is 66.8 Å². The number of hydrogen-bond acceptors (Lipinski definition) is 6. The Bertz CT molecular complexity index is 1330. The van der Waals surface area contributed by atoms with Crippen LogP contribution in [-0.4, -0.2) is 47.7 Å². The molecular weight excluding hydrogens is 561 g/mol. The van der Waals surface area contributed by atoms with Crippen molar-refractivity contribution in [2.24, 2.45) is 4.99 Å². The van der Waals surface area contributed by atoms with E-state index in [-0.39, 0.29) is 24.3 Å². The van der Waals surface area contributed by atoms with Crippen molar-refractivity contribution in [3.8, 4) is 0 Å². The highest BCUT2D eigenvalue weighted by atomic mass is 16.7. The van der Waals surface area contributed by atoms with E-state index in [0.29, 0.717) is 26.1 Å². The predicted molar refractivity (Wildman–Crippen MR) is 183 cm³/mol. The van der Waals surface area contributed by atoms with Gasteiger partial charge in [0.05, 0.1) is 23.5 Å². The Labute approximate surface area is 270 Å². The minimum absolute atomic E-state index is 0.284. The molecule has 0 radical (unpaired) electrons. The van der Waals surface area contributed by atoms with Crippen LogP contribution in [0.3, 0.4) is 0 Å². The summed E-state index contributed by atoms with van der Waals surface area (Å²) in [7, 11) is -0.284. The number of carbonyl (C=O) groups excluding carboxylic acids is 1. The molecule has 3 aromatic carbocycles. The van der Waals surface area contributed by atoms with Gasteiger partial charge >= 0.3 is 13.1 Å². The molecule has 240 valence electrons. The summed E-state index contributed by atoms with van der Waals surface area (Å²) in [5, 5.41) is 0. The van der Waals surface area contributed by atoms with Crippen molar-refractivity contribution < 1.29 is 23.6 Å². The number of aliphatic imine (C=N–C) groups is 1. The van der Waals surface area contributed by atoms with E-state index < -0.39 is 11.1 Å². The number of rotatable bonds is 14. The van der Waals surface area contributed by atoms with Gasteiger partial charge in [0.2, 0.25) is 0 Å². The Morgan fingerprint density at radius 3 is 1.78 bits per heavy atom. The van der Waals surface area contributed by atoms with Gasteiger partial charge in [-0.2, -0.15) is 0 Å². The number of hydrogen-bond donors (Lipinski definition) is 0. The normalized spacial score (nSPS) is 17.0. The molecule has 3 aromatic rings. The number of unbranched alkanes of at least 4 members (excludes halogenated alkanes) is 1. The Morgan fingerprint density at radius 1 is 0.756 bits per heavy atom. The monoisotopic (exact) mass is 611 g/mol. The molecule has 7 heteroatoms. The smallest absolute Gasteiger partial charge is 0.457 e. The average molecular weight is 612 g/mol. The zero-order valence-corrected chi connectivity index (χ0v) is 28.2. The highest BCUT2D eigenvalue weighted by Gasteiger charge is 2.50. The lowest BCUT2D eigenvalue weighted by molar-refractivity contribution is -0.162. The summed E-state index contributed by atoms with van der Waals surface area (Å²) < 4.78 is 24.8. The summed E-state index contributed by atoms with van der Waals surface area (Å²) in [4.78, 5) is 19.7. The maximum atomic E-state index is 14.3. The first kappa shape index (κ1) is 34.6. The van der Waals surface area contributed by atoms with Crippen molar-refractivity contribution in [3.05, 3.63) is 108 Å². The van der Waals surface area contributed by atoms with E-state index in [1.54, 1.807) is 0 Å². The Hall–Kier alpha value is -3.26. The summed E-state index contributed by atoms with van der Waals surface area (Å²) in [5.74, 6) is -0.335. The van der Waals surface area contributed by atoms with E-state index in [0.717, 1.165) is 41.6 Å². The first-order chi connectivity index (χ1) is 21.3. The molecular formula is C38H50BNO5. The second-order valence-corrected chi connectivity index (χ2v) is 13.9. The van der Waals surface area contributed by atoms with Crippen LogP contribution < -0.4 is 0 Å². The third-order valence-corrected chi connectivity index (χ3v) is 8.55. The first-order valence-corrected chi connectivity index (χ1v) is 16.2. The standard InChI is InChI=1S/C38H50BNO5/c1-35(2,3)43-34(41)38(26-28-42-29-30-19-11-8-12-20-30,25-17-18-27-39-44-36(4,5)37(6,7)45-39)40-33(31-21-13-9-14-22-31)32-23-15-10-16-24-32/h8-16,19-24H,17-18,25-29H2,1-7H3. The number of nitrogens with zero attached hydrogens (tertiary/aromatic N) is 1. The maximum Gasteiger partial charge on any atom is 0.457 e. The third kappa shape index (κ3) is 9.62. The lowest BCUT2D eigenvalue weighted by Gasteiger charge is -2.33. The summed E-state index contributed by atoms with van der Waals surface area (Å²) in [6.07, 6.45) is 3.17. The van der Waals surface area contributed by atoms with Crippen molar-refractivity contribution >= 4 is 18.8 Å². The quantitative estimate of drug-likeness (QED) is 0.0792. The van der Waals surface area contributed by atoms with Gasteiger partial charge in [0.15, 0.2) is 5.54 Å². The Morgan fingerprint density at radius 2 is 1.27 bits per heavy atom. The maximum absolute atomic E-state index is 14.3. The molecule has 1 aliphatic rings. The molecule has 1 atom stereocenters. The van der Waals surface area contributed by atoms with Crippen molar-refractivity contribution in [1.82, 2.24) is 0 Å². The molecule has 4 rings (SSSR count). The highest BCUT2D eigenvalue weighted by Crippen LogP contribution is 2.38. The van der Waals surface area contributed by atoms with Crippen LogP contribution in [0.2, 0.25) is 6.32 Å². The molecule has 6 nitrogen and oxygen atoms in total. The molecule has 0 spiro atoms. The van der Waals surface area contributed by atoms with E-state index in [9.17, 15) is 4.79 Å². The first-order valence-electron chi connectivity index (χ1n) is 16.2. The molecule has 1 unspecified atom stereocenters. The van der Waals surface area contributed by atoms with Crippen LogP contribution >= 0.6 is 0 Å².